The van der Waals surface area contributed by atoms with Gasteiger partial charge in [-0.2, -0.15) is 0 Å². The lowest BCUT2D eigenvalue weighted by Gasteiger charge is -2.09. The summed E-state index contributed by atoms with van der Waals surface area (Å²) in [6, 6.07) is 19.1. The van der Waals surface area contributed by atoms with Crippen molar-refractivity contribution in [1.82, 2.24) is 4.57 Å². The highest BCUT2D eigenvalue weighted by Gasteiger charge is 2.11. The van der Waals surface area contributed by atoms with Crippen molar-refractivity contribution in [3.63, 3.8) is 0 Å². The van der Waals surface area contributed by atoms with E-state index in [0.29, 0.717) is 15.8 Å². The molecule has 6 heteroatoms. The van der Waals surface area contributed by atoms with Crippen LogP contribution in [0.3, 0.4) is 0 Å². The number of aryl methyl sites for hydroxylation is 1. The molecule has 0 unspecified atom stereocenters. The van der Waals surface area contributed by atoms with E-state index in [4.69, 9.17) is 27.9 Å². The van der Waals surface area contributed by atoms with Crippen LogP contribution in [0.2, 0.25) is 10.0 Å². The topological polar surface area (TPSA) is 43.3 Å². The fraction of sp³-hybridized carbons (Fsp3) is 0.136. The van der Waals surface area contributed by atoms with Gasteiger partial charge >= 0.3 is 0 Å². The van der Waals surface area contributed by atoms with E-state index < -0.39 is 0 Å². The number of halogens is 2. The molecule has 4 aromatic rings. The van der Waals surface area contributed by atoms with Gasteiger partial charge < -0.3 is 14.6 Å². The van der Waals surface area contributed by atoms with Crippen LogP contribution in [0.5, 0.6) is 5.75 Å². The van der Waals surface area contributed by atoms with Gasteiger partial charge in [-0.3, -0.25) is 4.79 Å². The highest BCUT2D eigenvalue weighted by Crippen LogP contribution is 2.31. The lowest BCUT2D eigenvalue weighted by atomic mass is 10.1. The number of ether oxygens (including phenoxy) is 1. The third kappa shape index (κ3) is 3.53. The molecule has 4 nitrogen and oxygen atoms in total. The fourth-order valence-electron chi connectivity index (χ4n) is 3.40. The second-order valence-corrected chi connectivity index (χ2v) is 7.25. The number of nitrogens with zero attached hydrogens (tertiary/aromatic N) is 1. The minimum absolute atomic E-state index is 0.143. The minimum atomic E-state index is -0.260. The van der Waals surface area contributed by atoms with Crippen LogP contribution < -0.4 is 10.1 Å². The molecule has 0 aliphatic rings. The van der Waals surface area contributed by atoms with Gasteiger partial charge in [0.1, 0.15) is 5.75 Å². The summed E-state index contributed by atoms with van der Waals surface area (Å²) in [4.78, 5) is 12.3. The van der Waals surface area contributed by atoms with Crippen LogP contribution in [0.15, 0.2) is 60.7 Å². The molecule has 142 valence electrons. The van der Waals surface area contributed by atoms with Crippen LogP contribution in [0, 0.1) is 0 Å². The lowest BCUT2D eigenvalue weighted by Crippen LogP contribution is -2.20. The summed E-state index contributed by atoms with van der Waals surface area (Å²) in [6.07, 6.45) is 0. The molecule has 1 aromatic heterocycles. The summed E-state index contributed by atoms with van der Waals surface area (Å²) in [5.74, 6) is 0.160. The second kappa shape index (κ2) is 7.74. The van der Waals surface area contributed by atoms with E-state index in [-0.39, 0.29) is 12.5 Å². The Morgan fingerprint density at radius 1 is 1.00 bits per heavy atom. The standard InChI is InChI=1S/C22H18Cl2N2O2/c1-2-26-19-6-4-3-5-16(19)17-12-15(8-9-20(17)26)25-22(27)13-28-21-10-7-14(23)11-18(21)24/h3-12H,2,13H2,1H3,(H,25,27). The zero-order valence-electron chi connectivity index (χ0n) is 15.2. The van der Waals surface area contributed by atoms with Crippen molar-refractivity contribution in [2.75, 3.05) is 11.9 Å². The summed E-state index contributed by atoms with van der Waals surface area (Å²) < 4.78 is 7.76. The number of carbonyl (C=O) groups is 1. The van der Waals surface area contributed by atoms with Gasteiger partial charge in [-0.05, 0) is 49.4 Å². The number of anilines is 1. The molecule has 3 aromatic carbocycles. The Labute approximate surface area is 172 Å². The van der Waals surface area contributed by atoms with Crippen molar-refractivity contribution in [2.24, 2.45) is 0 Å². The Morgan fingerprint density at radius 3 is 2.57 bits per heavy atom. The molecular weight excluding hydrogens is 395 g/mol. The molecule has 0 fully saturated rings. The van der Waals surface area contributed by atoms with Gasteiger partial charge in [0, 0.05) is 39.1 Å². The molecule has 0 atom stereocenters. The van der Waals surface area contributed by atoms with Crippen molar-refractivity contribution < 1.29 is 9.53 Å². The summed E-state index contributed by atoms with van der Waals surface area (Å²) in [6.45, 7) is 2.86. The monoisotopic (exact) mass is 412 g/mol. The Morgan fingerprint density at radius 2 is 1.79 bits per heavy atom. The third-order valence-electron chi connectivity index (χ3n) is 4.63. The number of para-hydroxylation sites is 1. The molecule has 1 heterocycles. The van der Waals surface area contributed by atoms with Crippen LogP contribution in [0.25, 0.3) is 21.8 Å². The Balaban J connectivity index is 1.54. The molecule has 1 amide bonds. The fourth-order valence-corrected chi connectivity index (χ4v) is 3.87. The number of fused-ring (bicyclic) bond motifs is 3. The van der Waals surface area contributed by atoms with E-state index in [1.165, 1.54) is 10.9 Å². The van der Waals surface area contributed by atoms with E-state index in [1.807, 2.05) is 30.3 Å². The molecule has 0 saturated heterocycles. The van der Waals surface area contributed by atoms with Crippen molar-refractivity contribution >= 4 is 56.6 Å². The van der Waals surface area contributed by atoms with Crippen molar-refractivity contribution in [2.45, 2.75) is 13.5 Å². The number of benzene rings is 3. The van der Waals surface area contributed by atoms with E-state index in [1.54, 1.807) is 18.2 Å². The molecule has 4 rings (SSSR count). The molecule has 0 saturated carbocycles. The van der Waals surface area contributed by atoms with Crippen LogP contribution in [-0.4, -0.2) is 17.1 Å². The Kier molecular flexibility index (Phi) is 5.16. The largest absolute Gasteiger partial charge is 0.482 e. The average Bonchev–Trinajstić information content (AvgIpc) is 3.00. The van der Waals surface area contributed by atoms with Gasteiger partial charge in [0.15, 0.2) is 6.61 Å². The molecule has 28 heavy (non-hydrogen) atoms. The number of carbonyl (C=O) groups excluding carboxylic acids is 1. The maximum Gasteiger partial charge on any atom is 0.262 e. The highest BCUT2D eigenvalue weighted by molar-refractivity contribution is 6.35. The number of rotatable bonds is 5. The molecular formula is C22H18Cl2N2O2. The highest BCUT2D eigenvalue weighted by atomic mass is 35.5. The third-order valence-corrected chi connectivity index (χ3v) is 5.16. The first-order valence-corrected chi connectivity index (χ1v) is 9.71. The van der Waals surface area contributed by atoms with Crippen LogP contribution in [0.4, 0.5) is 5.69 Å². The van der Waals surface area contributed by atoms with E-state index >= 15 is 0 Å². The Bertz CT molecular complexity index is 1180. The predicted octanol–water partition coefficient (Wildman–Crippen LogP) is 6.14. The minimum Gasteiger partial charge on any atom is -0.482 e. The first-order chi connectivity index (χ1) is 13.6. The van der Waals surface area contributed by atoms with E-state index in [2.05, 4.69) is 28.9 Å². The van der Waals surface area contributed by atoms with E-state index in [9.17, 15) is 4.79 Å². The molecule has 0 radical (unpaired) electrons. The van der Waals surface area contributed by atoms with Crippen molar-refractivity contribution in [1.29, 1.82) is 0 Å². The number of nitrogens with one attached hydrogen (secondary N) is 1. The molecule has 1 N–H and O–H groups in total. The van der Waals surface area contributed by atoms with Gasteiger partial charge in [-0.15, -0.1) is 0 Å². The van der Waals surface area contributed by atoms with E-state index in [0.717, 1.165) is 23.1 Å². The summed E-state index contributed by atoms with van der Waals surface area (Å²) >= 11 is 11.9. The number of aromatic nitrogens is 1. The molecule has 0 spiro atoms. The van der Waals surface area contributed by atoms with Crippen molar-refractivity contribution in [3.05, 3.63) is 70.7 Å². The molecule has 0 aliphatic heterocycles. The first kappa shape index (κ1) is 18.7. The van der Waals surface area contributed by atoms with Gasteiger partial charge in [0.2, 0.25) is 0 Å². The van der Waals surface area contributed by atoms with Crippen LogP contribution in [0.1, 0.15) is 6.92 Å². The van der Waals surface area contributed by atoms with Gasteiger partial charge in [-0.25, -0.2) is 0 Å². The number of hydrogen-bond acceptors (Lipinski definition) is 2. The second-order valence-electron chi connectivity index (χ2n) is 6.40. The maximum absolute atomic E-state index is 12.3. The van der Waals surface area contributed by atoms with Crippen LogP contribution in [-0.2, 0) is 11.3 Å². The molecule has 0 aliphatic carbocycles. The van der Waals surface area contributed by atoms with Gasteiger partial charge in [-0.1, -0.05) is 41.4 Å². The number of hydrogen-bond donors (Lipinski definition) is 1. The summed E-state index contributed by atoms with van der Waals surface area (Å²) in [5, 5.41) is 6.04. The first-order valence-electron chi connectivity index (χ1n) is 8.95. The quantitative estimate of drug-likeness (QED) is 0.427. The van der Waals surface area contributed by atoms with Crippen LogP contribution >= 0.6 is 23.2 Å². The lowest BCUT2D eigenvalue weighted by molar-refractivity contribution is -0.118. The normalized spacial score (nSPS) is 11.1. The smallest absolute Gasteiger partial charge is 0.262 e. The Hall–Kier alpha value is -2.69. The number of amides is 1. The summed E-state index contributed by atoms with van der Waals surface area (Å²) in [5.41, 5.74) is 3.05. The predicted molar refractivity (Wildman–Crippen MR) is 116 cm³/mol. The zero-order valence-corrected chi connectivity index (χ0v) is 16.7. The van der Waals surface area contributed by atoms with Gasteiger partial charge in [0.25, 0.3) is 5.91 Å². The van der Waals surface area contributed by atoms with Crippen molar-refractivity contribution in [3.8, 4) is 5.75 Å². The zero-order chi connectivity index (χ0) is 19.7. The maximum atomic E-state index is 12.3. The van der Waals surface area contributed by atoms with Gasteiger partial charge in [0.05, 0.1) is 5.02 Å². The average molecular weight is 413 g/mol. The SMILES string of the molecule is CCn1c2ccccc2c2cc(NC(=O)COc3ccc(Cl)cc3Cl)ccc21. The summed E-state index contributed by atoms with van der Waals surface area (Å²) in [7, 11) is 0. The molecule has 0 bridgehead atoms.